The van der Waals surface area contributed by atoms with E-state index in [4.69, 9.17) is 11.6 Å². The SMILES string of the molecule is Cc1ccc(N2Sc3ccccc3N(Cc3cccc(F)c3)C2=O)cc1Cl. The van der Waals surface area contributed by atoms with Gasteiger partial charge in [0, 0.05) is 5.02 Å². The predicted octanol–water partition coefficient (Wildman–Crippen LogP) is 6.44. The lowest BCUT2D eigenvalue weighted by atomic mass is 10.2. The highest BCUT2D eigenvalue weighted by Crippen LogP contribution is 2.42. The number of hydrogen-bond donors (Lipinski definition) is 0. The number of amides is 2. The Hall–Kier alpha value is -2.50. The van der Waals surface area contributed by atoms with Crippen LogP contribution in [0.1, 0.15) is 11.1 Å². The van der Waals surface area contributed by atoms with Gasteiger partial charge < -0.3 is 0 Å². The van der Waals surface area contributed by atoms with E-state index in [2.05, 4.69) is 0 Å². The molecule has 1 heterocycles. The number of urea groups is 1. The number of nitrogens with zero attached hydrogens (tertiary/aromatic N) is 2. The first-order chi connectivity index (χ1) is 13.0. The molecule has 2 amide bonds. The van der Waals surface area contributed by atoms with Crippen molar-refractivity contribution in [1.29, 1.82) is 0 Å². The smallest absolute Gasteiger partial charge is 0.288 e. The molecule has 4 rings (SSSR count). The molecule has 0 saturated heterocycles. The normalized spacial score (nSPS) is 13.7. The molecule has 3 aromatic rings. The second-order valence-corrected chi connectivity index (χ2v) is 7.68. The number of aryl methyl sites for hydroxylation is 1. The van der Waals surface area contributed by atoms with Crippen LogP contribution in [0.25, 0.3) is 0 Å². The third-order valence-electron chi connectivity index (χ3n) is 4.37. The first kappa shape index (κ1) is 17.9. The maximum Gasteiger partial charge on any atom is 0.339 e. The molecule has 6 heteroatoms. The zero-order valence-electron chi connectivity index (χ0n) is 14.5. The molecule has 0 radical (unpaired) electrons. The number of hydrogen-bond acceptors (Lipinski definition) is 2. The molecule has 0 spiro atoms. The Kier molecular flexibility index (Phi) is 4.81. The van der Waals surface area contributed by atoms with Crippen molar-refractivity contribution in [2.45, 2.75) is 18.4 Å². The van der Waals surface area contributed by atoms with Gasteiger partial charge in [-0.25, -0.2) is 13.5 Å². The molecule has 0 aliphatic carbocycles. The molecular formula is C21H16ClFN2OS. The summed E-state index contributed by atoms with van der Waals surface area (Å²) in [6, 6.07) is 19.4. The first-order valence-corrected chi connectivity index (χ1v) is 9.57. The number of benzene rings is 3. The van der Waals surface area contributed by atoms with Gasteiger partial charge in [-0.2, -0.15) is 0 Å². The minimum atomic E-state index is -0.318. The van der Waals surface area contributed by atoms with E-state index in [1.807, 2.05) is 49.4 Å². The van der Waals surface area contributed by atoms with Gasteiger partial charge in [-0.1, -0.05) is 41.9 Å². The molecule has 0 aromatic heterocycles. The van der Waals surface area contributed by atoms with E-state index in [1.165, 1.54) is 24.1 Å². The van der Waals surface area contributed by atoms with E-state index in [0.717, 1.165) is 21.7 Å². The Balaban J connectivity index is 1.75. The number of carbonyl (C=O) groups is 1. The number of carbonyl (C=O) groups excluding carboxylic acids is 1. The molecule has 27 heavy (non-hydrogen) atoms. The van der Waals surface area contributed by atoms with Crippen LogP contribution in [-0.4, -0.2) is 6.03 Å². The topological polar surface area (TPSA) is 23.6 Å². The minimum Gasteiger partial charge on any atom is -0.288 e. The summed E-state index contributed by atoms with van der Waals surface area (Å²) >= 11 is 7.62. The molecule has 0 atom stereocenters. The van der Waals surface area contributed by atoms with Crippen LogP contribution in [-0.2, 0) is 6.54 Å². The second kappa shape index (κ2) is 7.25. The molecule has 3 nitrogen and oxygen atoms in total. The molecule has 0 fully saturated rings. The Morgan fingerprint density at radius 2 is 1.85 bits per heavy atom. The van der Waals surface area contributed by atoms with Crippen molar-refractivity contribution >= 4 is 41.0 Å². The van der Waals surface area contributed by atoms with Crippen LogP contribution in [0.5, 0.6) is 0 Å². The van der Waals surface area contributed by atoms with Crippen LogP contribution in [0.3, 0.4) is 0 Å². The average molecular weight is 399 g/mol. The highest BCUT2D eigenvalue weighted by molar-refractivity contribution is 8.01. The maximum absolute atomic E-state index is 13.6. The highest BCUT2D eigenvalue weighted by atomic mass is 35.5. The second-order valence-electron chi connectivity index (χ2n) is 6.29. The van der Waals surface area contributed by atoms with Crippen LogP contribution < -0.4 is 9.21 Å². The maximum atomic E-state index is 13.6. The third kappa shape index (κ3) is 3.53. The molecule has 136 valence electrons. The van der Waals surface area contributed by atoms with Gasteiger partial charge in [0.2, 0.25) is 0 Å². The largest absolute Gasteiger partial charge is 0.339 e. The molecule has 0 bridgehead atoms. The van der Waals surface area contributed by atoms with E-state index in [0.29, 0.717) is 10.7 Å². The van der Waals surface area contributed by atoms with Gasteiger partial charge in [0.15, 0.2) is 0 Å². The standard InChI is InChI=1S/C21H16ClFN2OS/c1-14-9-10-17(12-18(14)22)25-21(26)24(13-15-5-4-6-16(23)11-15)19-7-2-3-8-20(19)27-25/h2-12H,13H2,1H3. The first-order valence-electron chi connectivity index (χ1n) is 8.42. The van der Waals surface area contributed by atoms with Crippen LogP contribution in [0.15, 0.2) is 71.6 Å². The van der Waals surface area contributed by atoms with Crippen molar-refractivity contribution in [3.8, 4) is 0 Å². The Morgan fingerprint density at radius 1 is 1.04 bits per heavy atom. The monoisotopic (exact) mass is 398 g/mol. The average Bonchev–Trinajstić information content (AvgIpc) is 2.66. The van der Waals surface area contributed by atoms with Gasteiger partial charge in [-0.3, -0.25) is 4.90 Å². The molecule has 3 aromatic carbocycles. The predicted molar refractivity (Wildman–Crippen MR) is 109 cm³/mol. The van der Waals surface area contributed by atoms with Crippen molar-refractivity contribution < 1.29 is 9.18 Å². The molecule has 0 saturated carbocycles. The van der Waals surface area contributed by atoms with Crippen molar-refractivity contribution in [3.05, 3.63) is 88.7 Å². The molecule has 1 aliphatic heterocycles. The summed E-state index contributed by atoms with van der Waals surface area (Å²) in [4.78, 5) is 15.9. The van der Waals surface area contributed by atoms with Crippen LogP contribution >= 0.6 is 23.5 Å². The molecule has 0 N–H and O–H groups in total. The zero-order valence-corrected chi connectivity index (χ0v) is 16.1. The summed E-state index contributed by atoms with van der Waals surface area (Å²) in [6.07, 6.45) is 0. The Morgan fingerprint density at radius 3 is 2.63 bits per heavy atom. The van der Waals surface area contributed by atoms with Crippen LogP contribution in [0, 0.1) is 12.7 Å². The van der Waals surface area contributed by atoms with Crippen LogP contribution in [0.4, 0.5) is 20.6 Å². The summed E-state index contributed by atoms with van der Waals surface area (Å²) in [7, 11) is 0. The highest BCUT2D eigenvalue weighted by Gasteiger charge is 2.32. The van der Waals surface area contributed by atoms with Crippen molar-refractivity contribution in [2.75, 3.05) is 9.21 Å². The summed E-state index contributed by atoms with van der Waals surface area (Å²) in [6.45, 7) is 2.20. The van der Waals surface area contributed by atoms with E-state index in [1.54, 1.807) is 21.3 Å². The van der Waals surface area contributed by atoms with Gasteiger partial charge in [0.1, 0.15) is 5.82 Å². The molecular weight excluding hydrogens is 383 g/mol. The van der Waals surface area contributed by atoms with Gasteiger partial charge >= 0.3 is 6.03 Å². The summed E-state index contributed by atoms with van der Waals surface area (Å²) in [5.41, 5.74) is 3.20. The Labute approximate surface area is 166 Å². The summed E-state index contributed by atoms with van der Waals surface area (Å²) < 4.78 is 15.2. The lowest BCUT2D eigenvalue weighted by Gasteiger charge is -2.36. The van der Waals surface area contributed by atoms with Crippen molar-refractivity contribution in [2.24, 2.45) is 0 Å². The van der Waals surface area contributed by atoms with E-state index in [-0.39, 0.29) is 18.4 Å². The zero-order chi connectivity index (χ0) is 19.0. The quantitative estimate of drug-likeness (QED) is 0.474. The number of anilines is 2. The lowest BCUT2D eigenvalue weighted by Crippen LogP contribution is -2.42. The minimum absolute atomic E-state index is 0.192. The molecule has 1 aliphatic rings. The van der Waals surface area contributed by atoms with Gasteiger partial charge in [-0.15, -0.1) is 0 Å². The van der Waals surface area contributed by atoms with E-state index < -0.39 is 0 Å². The van der Waals surface area contributed by atoms with Gasteiger partial charge in [-0.05, 0) is 66.4 Å². The van der Waals surface area contributed by atoms with Gasteiger partial charge in [0.25, 0.3) is 0 Å². The molecule has 0 unspecified atom stereocenters. The lowest BCUT2D eigenvalue weighted by molar-refractivity contribution is 0.254. The van der Waals surface area contributed by atoms with E-state index >= 15 is 0 Å². The Bertz CT molecular complexity index is 1030. The van der Waals surface area contributed by atoms with Gasteiger partial charge in [0.05, 0.1) is 22.8 Å². The number of halogens is 2. The number of rotatable bonds is 3. The third-order valence-corrected chi connectivity index (χ3v) is 5.87. The fourth-order valence-electron chi connectivity index (χ4n) is 2.95. The van der Waals surface area contributed by atoms with Crippen molar-refractivity contribution in [3.63, 3.8) is 0 Å². The van der Waals surface area contributed by atoms with Crippen LogP contribution in [0.2, 0.25) is 5.02 Å². The summed E-state index contributed by atoms with van der Waals surface area (Å²) in [5.74, 6) is -0.318. The fraction of sp³-hybridized carbons (Fsp3) is 0.0952. The number of para-hydroxylation sites is 1. The van der Waals surface area contributed by atoms with Crippen molar-refractivity contribution in [1.82, 2.24) is 0 Å². The van der Waals surface area contributed by atoms with E-state index in [9.17, 15) is 9.18 Å². The fourth-order valence-corrected chi connectivity index (χ4v) is 4.13. The summed E-state index contributed by atoms with van der Waals surface area (Å²) in [5, 5.41) is 0.608. The number of fused-ring (bicyclic) bond motifs is 1.